The number of halogens is 1. The normalized spacial score (nSPS) is 25.4. The highest BCUT2D eigenvalue weighted by molar-refractivity contribution is 6.33. The molecule has 1 saturated carbocycles. The van der Waals surface area contributed by atoms with Gasteiger partial charge < -0.3 is 15.0 Å². The molecule has 5 nitrogen and oxygen atoms in total. The van der Waals surface area contributed by atoms with Crippen molar-refractivity contribution in [2.75, 3.05) is 25.5 Å². The van der Waals surface area contributed by atoms with Crippen LogP contribution < -0.4 is 5.32 Å². The van der Waals surface area contributed by atoms with Gasteiger partial charge in [-0.1, -0.05) is 11.6 Å². The summed E-state index contributed by atoms with van der Waals surface area (Å²) in [5, 5.41) is 3.33. The molecule has 0 spiro atoms. The number of anilines is 1. The quantitative estimate of drug-likeness (QED) is 0.908. The minimum absolute atomic E-state index is 0.0194. The van der Waals surface area contributed by atoms with Crippen molar-refractivity contribution < 1.29 is 9.53 Å². The van der Waals surface area contributed by atoms with E-state index in [9.17, 15) is 4.79 Å². The number of carbonyl (C=O) groups excluding carboxylic acids is 1. The van der Waals surface area contributed by atoms with E-state index in [1.807, 2.05) is 4.90 Å². The molecule has 2 fully saturated rings. The first-order valence-corrected chi connectivity index (χ1v) is 7.34. The van der Waals surface area contributed by atoms with Crippen molar-refractivity contribution >= 4 is 23.3 Å². The first-order chi connectivity index (χ1) is 9.70. The molecule has 0 bridgehead atoms. The number of carbonyl (C=O) groups is 1. The van der Waals surface area contributed by atoms with Gasteiger partial charge >= 0.3 is 0 Å². The predicted octanol–water partition coefficient (Wildman–Crippen LogP) is 2.17. The largest absolute Gasteiger partial charge is 0.374 e. The van der Waals surface area contributed by atoms with Gasteiger partial charge in [0.15, 0.2) is 0 Å². The van der Waals surface area contributed by atoms with Crippen molar-refractivity contribution in [3.8, 4) is 0 Å². The van der Waals surface area contributed by atoms with E-state index in [1.54, 1.807) is 13.1 Å². The molecule has 2 unspecified atom stereocenters. The van der Waals surface area contributed by atoms with Crippen LogP contribution in [-0.2, 0) is 4.74 Å². The van der Waals surface area contributed by atoms with Crippen LogP contribution in [-0.4, -0.2) is 48.1 Å². The Kier molecular flexibility index (Phi) is 3.81. The number of ether oxygens (including phenoxy) is 1. The molecule has 3 rings (SSSR count). The summed E-state index contributed by atoms with van der Waals surface area (Å²) in [6.45, 7) is 1.24. The SMILES string of the molecule is CNc1cc(C(=O)N2CCOC3CCCC32)c(Cl)cn1. The molecule has 1 saturated heterocycles. The zero-order valence-electron chi connectivity index (χ0n) is 11.4. The maximum Gasteiger partial charge on any atom is 0.255 e. The van der Waals surface area contributed by atoms with E-state index in [0.717, 1.165) is 19.3 Å². The van der Waals surface area contributed by atoms with E-state index in [4.69, 9.17) is 16.3 Å². The number of hydrogen-bond acceptors (Lipinski definition) is 4. The van der Waals surface area contributed by atoms with E-state index in [2.05, 4.69) is 10.3 Å². The highest BCUT2D eigenvalue weighted by atomic mass is 35.5. The fraction of sp³-hybridized carbons (Fsp3) is 0.571. The van der Waals surface area contributed by atoms with Gasteiger partial charge in [0.1, 0.15) is 5.82 Å². The van der Waals surface area contributed by atoms with Crippen LogP contribution in [0.25, 0.3) is 0 Å². The average Bonchev–Trinajstić information content (AvgIpc) is 2.95. The van der Waals surface area contributed by atoms with Gasteiger partial charge in [-0.25, -0.2) is 4.98 Å². The maximum absolute atomic E-state index is 12.8. The first-order valence-electron chi connectivity index (χ1n) is 6.96. The van der Waals surface area contributed by atoms with Gasteiger partial charge in [-0.05, 0) is 25.3 Å². The Morgan fingerprint density at radius 3 is 3.20 bits per heavy atom. The molecular formula is C14H18ClN3O2. The first kappa shape index (κ1) is 13.6. The second kappa shape index (κ2) is 5.58. The molecule has 1 N–H and O–H groups in total. The lowest BCUT2D eigenvalue weighted by Gasteiger charge is -2.37. The highest BCUT2D eigenvalue weighted by Crippen LogP contribution is 2.31. The zero-order chi connectivity index (χ0) is 14.1. The lowest BCUT2D eigenvalue weighted by Crippen LogP contribution is -2.51. The smallest absolute Gasteiger partial charge is 0.255 e. The molecule has 1 aliphatic carbocycles. The lowest BCUT2D eigenvalue weighted by atomic mass is 10.1. The summed E-state index contributed by atoms with van der Waals surface area (Å²) in [7, 11) is 1.77. The number of morpholine rings is 1. The fourth-order valence-electron chi connectivity index (χ4n) is 3.07. The van der Waals surface area contributed by atoms with Crippen molar-refractivity contribution in [3.63, 3.8) is 0 Å². The molecule has 2 atom stereocenters. The Hall–Kier alpha value is -1.33. The molecular weight excluding hydrogens is 278 g/mol. The van der Waals surface area contributed by atoms with Crippen LogP contribution in [0.4, 0.5) is 5.82 Å². The number of amides is 1. The molecule has 6 heteroatoms. The van der Waals surface area contributed by atoms with Crippen molar-refractivity contribution in [3.05, 3.63) is 22.8 Å². The summed E-state index contributed by atoms with van der Waals surface area (Å²) in [6.07, 6.45) is 4.88. The third kappa shape index (κ3) is 2.36. The van der Waals surface area contributed by atoms with Crippen LogP contribution in [0.1, 0.15) is 29.6 Å². The van der Waals surface area contributed by atoms with E-state index in [1.165, 1.54) is 6.20 Å². The minimum atomic E-state index is -0.0194. The van der Waals surface area contributed by atoms with E-state index >= 15 is 0 Å². The van der Waals surface area contributed by atoms with Crippen LogP contribution in [0.5, 0.6) is 0 Å². The summed E-state index contributed by atoms with van der Waals surface area (Å²) in [5.41, 5.74) is 0.513. The van der Waals surface area contributed by atoms with E-state index in [0.29, 0.717) is 29.6 Å². The maximum atomic E-state index is 12.8. The zero-order valence-corrected chi connectivity index (χ0v) is 12.2. The number of nitrogens with zero attached hydrogens (tertiary/aromatic N) is 2. The molecule has 20 heavy (non-hydrogen) atoms. The Bertz CT molecular complexity index is 523. The number of rotatable bonds is 2. The second-order valence-electron chi connectivity index (χ2n) is 5.21. The summed E-state index contributed by atoms with van der Waals surface area (Å²) < 4.78 is 5.74. The van der Waals surface area contributed by atoms with E-state index in [-0.39, 0.29) is 18.1 Å². The topological polar surface area (TPSA) is 54.5 Å². The standard InChI is InChI=1S/C14H18ClN3O2/c1-16-13-7-9(10(15)8-17-13)14(19)18-5-6-20-12-4-2-3-11(12)18/h7-8,11-12H,2-6H2,1H3,(H,16,17). The molecule has 0 radical (unpaired) electrons. The van der Waals surface area contributed by atoms with Gasteiger partial charge in [0.05, 0.1) is 29.3 Å². The monoisotopic (exact) mass is 295 g/mol. The van der Waals surface area contributed by atoms with Crippen molar-refractivity contribution in [2.24, 2.45) is 0 Å². The van der Waals surface area contributed by atoms with Crippen LogP contribution in [0.15, 0.2) is 12.3 Å². The fourth-order valence-corrected chi connectivity index (χ4v) is 3.26. The van der Waals surface area contributed by atoms with Gasteiger partial charge in [-0.15, -0.1) is 0 Å². The molecule has 2 aliphatic rings. The molecule has 1 aromatic rings. The number of fused-ring (bicyclic) bond motifs is 1. The third-order valence-electron chi connectivity index (χ3n) is 4.08. The Morgan fingerprint density at radius 2 is 2.40 bits per heavy atom. The minimum Gasteiger partial charge on any atom is -0.374 e. The Morgan fingerprint density at radius 1 is 1.55 bits per heavy atom. The predicted molar refractivity (Wildman–Crippen MR) is 77.2 cm³/mol. The van der Waals surface area contributed by atoms with Gasteiger partial charge in [-0.3, -0.25) is 4.79 Å². The molecule has 108 valence electrons. The van der Waals surface area contributed by atoms with Crippen LogP contribution in [0.3, 0.4) is 0 Å². The molecule has 1 amide bonds. The summed E-state index contributed by atoms with van der Waals surface area (Å²) in [5.74, 6) is 0.628. The Balaban J connectivity index is 1.88. The highest BCUT2D eigenvalue weighted by Gasteiger charge is 2.39. The number of hydrogen-bond donors (Lipinski definition) is 1. The summed E-state index contributed by atoms with van der Waals surface area (Å²) >= 11 is 6.14. The van der Waals surface area contributed by atoms with Gasteiger partial charge in [-0.2, -0.15) is 0 Å². The Labute approximate surface area is 123 Å². The van der Waals surface area contributed by atoms with Crippen molar-refractivity contribution in [2.45, 2.75) is 31.4 Å². The van der Waals surface area contributed by atoms with Crippen molar-refractivity contribution in [1.82, 2.24) is 9.88 Å². The number of pyridine rings is 1. The number of nitrogens with one attached hydrogen (secondary N) is 1. The van der Waals surface area contributed by atoms with Gasteiger partial charge in [0, 0.05) is 19.8 Å². The van der Waals surface area contributed by atoms with E-state index < -0.39 is 0 Å². The summed E-state index contributed by atoms with van der Waals surface area (Å²) in [6, 6.07) is 1.91. The molecule has 2 heterocycles. The average molecular weight is 296 g/mol. The van der Waals surface area contributed by atoms with Gasteiger partial charge in [0.25, 0.3) is 5.91 Å². The van der Waals surface area contributed by atoms with Crippen LogP contribution in [0, 0.1) is 0 Å². The molecule has 1 aromatic heterocycles. The second-order valence-corrected chi connectivity index (χ2v) is 5.61. The van der Waals surface area contributed by atoms with Crippen LogP contribution in [0.2, 0.25) is 5.02 Å². The van der Waals surface area contributed by atoms with Gasteiger partial charge in [0.2, 0.25) is 0 Å². The van der Waals surface area contributed by atoms with Crippen LogP contribution >= 0.6 is 11.6 Å². The third-order valence-corrected chi connectivity index (χ3v) is 4.39. The lowest BCUT2D eigenvalue weighted by molar-refractivity contribution is -0.0445. The number of aromatic nitrogens is 1. The molecule has 0 aromatic carbocycles. The van der Waals surface area contributed by atoms with Crippen molar-refractivity contribution in [1.29, 1.82) is 0 Å². The summed E-state index contributed by atoms with van der Waals surface area (Å²) in [4.78, 5) is 18.8. The molecule has 1 aliphatic heterocycles.